The maximum atomic E-state index is 11.5. The van der Waals surface area contributed by atoms with E-state index < -0.39 is 11.4 Å². The Balaban J connectivity index is 2.26. The van der Waals surface area contributed by atoms with Crippen molar-refractivity contribution in [3.8, 4) is 5.75 Å². The lowest BCUT2D eigenvalue weighted by molar-refractivity contribution is -0.142. The van der Waals surface area contributed by atoms with Crippen molar-refractivity contribution in [3.05, 3.63) is 54.1 Å². The van der Waals surface area contributed by atoms with E-state index in [-0.39, 0.29) is 6.10 Å². The number of carboxylic acid groups (broad SMARTS) is 1. The van der Waals surface area contributed by atoms with Crippen LogP contribution in [0.2, 0.25) is 0 Å². The molecule has 0 spiro atoms. The van der Waals surface area contributed by atoms with Crippen LogP contribution >= 0.6 is 0 Å². The van der Waals surface area contributed by atoms with Crippen LogP contribution in [0.25, 0.3) is 0 Å². The molecule has 0 aliphatic carbocycles. The molecule has 0 saturated carbocycles. The van der Waals surface area contributed by atoms with Crippen molar-refractivity contribution in [1.29, 1.82) is 0 Å². The van der Waals surface area contributed by atoms with Gasteiger partial charge >= 0.3 is 5.97 Å². The van der Waals surface area contributed by atoms with E-state index in [1.54, 1.807) is 13.8 Å². The zero-order chi connectivity index (χ0) is 17.0. The predicted octanol–water partition coefficient (Wildman–Crippen LogP) is 4.58. The third kappa shape index (κ3) is 4.03. The van der Waals surface area contributed by atoms with Crippen LogP contribution < -0.4 is 10.1 Å². The molecule has 0 unspecified atom stereocenters. The number of hydrogen-bond acceptors (Lipinski definition) is 3. The van der Waals surface area contributed by atoms with E-state index in [2.05, 4.69) is 5.32 Å². The number of carbonyl (C=O) groups is 1. The van der Waals surface area contributed by atoms with Gasteiger partial charge < -0.3 is 15.2 Å². The minimum atomic E-state index is -0.968. The van der Waals surface area contributed by atoms with Crippen molar-refractivity contribution >= 4 is 17.3 Å². The van der Waals surface area contributed by atoms with Gasteiger partial charge in [0.1, 0.15) is 5.75 Å². The van der Waals surface area contributed by atoms with Gasteiger partial charge in [-0.05, 0) is 63.6 Å². The Morgan fingerprint density at radius 3 is 2.26 bits per heavy atom. The quantitative estimate of drug-likeness (QED) is 0.819. The van der Waals surface area contributed by atoms with Gasteiger partial charge in [-0.25, -0.2) is 0 Å². The first-order valence-corrected chi connectivity index (χ1v) is 7.67. The van der Waals surface area contributed by atoms with Crippen LogP contribution in [0.1, 0.15) is 33.3 Å². The van der Waals surface area contributed by atoms with Crippen LogP contribution in [0.5, 0.6) is 5.75 Å². The first kappa shape index (κ1) is 16.9. The standard InChI is InChI=1S/C19H23NO3/c1-13(2)23-15-11-9-14(10-12-15)20-17-8-6-5-7-16(17)19(3,4)18(21)22/h5-13,20H,1-4H3,(H,21,22). The highest BCUT2D eigenvalue weighted by Crippen LogP contribution is 2.32. The van der Waals surface area contributed by atoms with Crippen molar-refractivity contribution in [2.75, 3.05) is 5.32 Å². The van der Waals surface area contributed by atoms with Crippen molar-refractivity contribution in [2.45, 2.75) is 39.2 Å². The predicted molar refractivity (Wildman–Crippen MR) is 92.6 cm³/mol. The van der Waals surface area contributed by atoms with Crippen LogP contribution in [0.3, 0.4) is 0 Å². The number of carboxylic acids is 1. The van der Waals surface area contributed by atoms with E-state index in [0.29, 0.717) is 0 Å². The van der Waals surface area contributed by atoms with Crippen LogP contribution in [-0.4, -0.2) is 17.2 Å². The number of nitrogens with one attached hydrogen (secondary N) is 1. The smallest absolute Gasteiger partial charge is 0.313 e. The summed E-state index contributed by atoms with van der Waals surface area (Å²) < 4.78 is 5.62. The molecule has 2 rings (SSSR count). The van der Waals surface area contributed by atoms with Gasteiger partial charge in [0.25, 0.3) is 0 Å². The van der Waals surface area contributed by atoms with Crippen molar-refractivity contribution in [3.63, 3.8) is 0 Å². The molecule has 0 atom stereocenters. The molecule has 0 aliphatic heterocycles. The second kappa shape index (κ2) is 6.73. The van der Waals surface area contributed by atoms with E-state index >= 15 is 0 Å². The highest BCUT2D eigenvalue weighted by atomic mass is 16.5. The third-order valence-electron chi connectivity index (χ3n) is 3.64. The summed E-state index contributed by atoms with van der Waals surface area (Å²) in [5.74, 6) is -0.0443. The van der Waals surface area contributed by atoms with Crippen molar-refractivity contribution < 1.29 is 14.6 Å². The molecule has 0 aliphatic rings. The number of aliphatic carboxylic acids is 1. The molecule has 2 N–H and O–H groups in total. The molecule has 4 heteroatoms. The van der Waals surface area contributed by atoms with Crippen LogP contribution in [0, 0.1) is 0 Å². The normalized spacial score (nSPS) is 11.3. The zero-order valence-corrected chi connectivity index (χ0v) is 14.0. The third-order valence-corrected chi connectivity index (χ3v) is 3.64. The summed E-state index contributed by atoms with van der Waals surface area (Å²) in [5, 5.41) is 12.8. The Labute approximate surface area is 137 Å². The van der Waals surface area contributed by atoms with Gasteiger partial charge in [0.05, 0.1) is 11.5 Å². The summed E-state index contributed by atoms with van der Waals surface area (Å²) in [5.41, 5.74) is 1.45. The molecule has 0 aromatic heterocycles. The Morgan fingerprint density at radius 1 is 1.09 bits per heavy atom. The van der Waals surface area contributed by atoms with Gasteiger partial charge in [0.2, 0.25) is 0 Å². The average Bonchev–Trinajstić information content (AvgIpc) is 2.49. The minimum absolute atomic E-state index is 0.130. The van der Waals surface area contributed by atoms with Gasteiger partial charge in [-0.1, -0.05) is 18.2 Å². The average molecular weight is 313 g/mol. The minimum Gasteiger partial charge on any atom is -0.491 e. The van der Waals surface area contributed by atoms with E-state index in [0.717, 1.165) is 22.7 Å². The second-order valence-corrected chi connectivity index (χ2v) is 6.29. The Bertz CT molecular complexity index is 675. The first-order valence-electron chi connectivity index (χ1n) is 7.67. The number of ether oxygens (including phenoxy) is 1. The summed E-state index contributed by atoms with van der Waals surface area (Å²) in [6.45, 7) is 7.37. The van der Waals surface area contributed by atoms with E-state index in [9.17, 15) is 9.90 Å². The lowest BCUT2D eigenvalue weighted by Gasteiger charge is -2.23. The Kier molecular flexibility index (Phi) is 4.94. The topological polar surface area (TPSA) is 58.6 Å². The van der Waals surface area contributed by atoms with Crippen LogP contribution in [0.15, 0.2) is 48.5 Å². The lowest BCUT2D eigenvalue weighted by Crippen LogP contribution is -2.29. The largest absolute Gasteiger partial charge is 0.491 e. The van der Waals surface area contributed by atoms with Gasteiger partial charge in [-0.15, -0.1) is 0 Å². The Morgan fingerprint density at radius 2 is 1.70 bits per heavy atom. The van der Waals surface area contributed by atoms with Crippen molar-refractivity contribution in [2.24, 2.45) is 0 Å². The van der Waals surface area contributed by atoms with E-state index in [1.807, 2.05) is 62.4 Å². The molecular formula is C19H23NO3. The summed E-state index contributed by atoms with van der Waals surface area (Å²) >= 11 is 0. The van der Waals surface area contributed by atoms with E-state index in [4.69, 9.17) is 4.74 Å². The molecule has 2 aromatic rings. The molecule has 2 aromatic carbocycles. The number of rotatable bonds is 6. The molecule has 0 amide bonds. The molecule has 0 heterocycles. The van der Waals surface area contributed by atoms with Crippen LogP contribution in [-0.2, 0) is 10.2 Å². The van der Waals surface area contributed by atoms with Crippen molar-refractivity contribution in [1.82, 2.24) is 0 Å². The molecule has 23 heavy (non-hydrogen) atoms. The maximum absolute atomic E-state index is 11.5. The molecule has 0 bridgehead atoms. The second-order valence-electron chi connectivity index (χ2n) is 6.29. The highest BCUT2D eigenvalue weighted by Gasteiger charge is 2.31. The van der Waals surface area contributed by atoms with E-state index in [1.165, 1.54) is 0 Å². The number of benzene rings is 2. The Hall–Kier alpha value is -2.49. The fourth-order valence-corrected chi connectivity index (χ4v) is 2.30. The number of anilines is 2. The molecule has 0 saturated heterocycles. The molecule has 4 nitrogen and oxygen atoms in total. The van der Waals surface area contributed by atoms with Gasteiger partial charge in [-0.3, -0.25) is 4.79 Å². The van der Waals surface area contributed by atoms with Gasteiger partial charge in [0.15, 0.2) is 0 Å². The monoisotopic (exact) mass is 313 g/mol. The summed E-state index contributed by atoms with van der Waals surface area (Å²) in [7, 11) is 0. The number of para-hydroxylation sites is 1. The van der Waals surface area contributed by atoms with Gasteiger partial charge in [0, 0.05) is 11.4 Å². The summed E-state index contributed by atoms with van der Waals surface area (Å²) in [6.07, 6.45) is 0.130. The molecule has 0 fully saturated rings. The van der Waals surface area contributed by atoms with Crippen LogP contribution in [0.4, 0.5) is 11.4 Å². The molecule has 0 radical (unpaired) electrons. The summed E-state index contributed by atoms with van der Waals surface area (Å²) in [4.78, 5) is 11.5. The first-order chi connectivity index (χ1) is 10.8. The maximum Gasteiger partial charge on any atom is 0.313 e. The SMILES string of the molecule is CC(C)Oc1ccc(Nc2ccccc2C(C)(C)C(=O)O)cc1. The zero-order valence-electron chi connectivity index (χ0n) is 14.0. The lowest BCUT2D eigenvalue weighted by atomic mass is 9.83. The van der Waals surface area contributed by atoms with Gasteiger partial charge in [-0.2, -0.15) is 0 Å². The summed E-state index contributed by atoms with van der Waals surface area (Å²) in [6, 6.07) is 15.1. The fraction of sp³-hybridized carbons (Fsp3) is 0.316. The molecule has 122 valence electrons. The number of hydrogen-bond donors (Lipinski definition) is 2. The molecular weight excluding hydrogens is 290 g/mol. The highest BCUT2D eigenvalue weighted by molar-refractivity contribution is 5.83. The fourth-order valence-electron chi connectivity index (χ4n) is 2.30.